The van der Waals surface area contributed by atoms with Gasteiger partial charge in [0.05, 0.1) is 18.0 Å². The number of carboxylic acids is 1. The molecule has 0 saturated heterocycles. The minimum atomic E-state index is -0.972. The number of anilines is 2. The Hall–Kier alpha value is -2.94. The second-order valence-electron chi connectivity index (χ2n) is 3.41. The van der Waals surface area contributed by atoms with Crippen molar-refractivity contribution in [2.75, 3.05) is 5.32 Å². The van der Waals surface area contributed by atoms with E-state index in [9.17, 15) is 4.79 Å². The zero-order valence-corrected chi connectivity index (χ0v) is 9.16. The zero-order valence-electron chi connectivity index (χ0n) is 9.16. The van der Waals surface area contributed by atoms with E-state index < -0.39 is 5.97 Å². The molecule has 0 fully saturated rings. The molecule has 2 rings (SSSR count). The Morgan fingerprint density at radius 2 is 1.94 bits per heavy atom. The van der Waals surface area contributed by atoms with Crippen LogP contribution in [-0.4, -0.2) is 21.0 Å². The fourth-order valence-corrected chi connectivity index (χ4v) is 1.29. The summed E-state index contributed by atoms with van der Waals surface area (Å²) in [6, 6.07) is 8.10. The molecule has 18 heavy (non-hydrogen) atoms. The molecule has 0 bridgehead atoms. The average Bonchev–Trinajstić information content (AvgIpc) is 2.40. The van der Waals surface area contributed by atoms with Crippen molar-refractivity contribution in [1.82, 2.24) is 9.97 Å². The van der Waals surface area contributed by atoms with Gasteiger partial charge in [-0.05, 0) is 24.3 Å². The monoisotopic (exact) mass is 240 g/mol. The van der Waals surface area contributed by atoms with Crippen molar-refractivity contribution in [3.8, 4) is 6.07 Å². The summed E-state index contributed by atoms with van der Waals surface area (Å²) in [6.07, 6.45) is 2.79. The molecule has 0 spiro atoms. The van der Waals surface area contributed by atoms with Crippen molar-refractivity contribution >= 4 is 17.5 Å². The molecule has 0 unspecified atom stereocenters. The van der Waals surface area contributed by atoms with E-state index in [0.29, 0.717) is 11.5 Å². The maximum atomic E-state index is 10.7. The molecule has 88 valence electrons. The minimum absolute atomic E-state index is 0.214. The highest BCUT2D eigenvalue weighted by Crippen LogP contribution is 2.14. The lowest BCUT2D eigenvalue weighted by Crippen LogP contribution is -1.98. The van der Waals surface area contributed by atoms with Gasteiger partial charge in [-0.3, -0.25) is 0 Å². The highest BCUT2D eigenvalue weighted by Gasteiger charge is 2.02. The summed E-state index contributed by atoms with van der Waals surface area (Å²) < 4.78 is 0. The minimum Gasteiger partial charge on any atom is -0.478 e. The second-order valence-corrected chi connectivity index (χ2v) is 3.41. The Kier molecular flexibility index (Phi) is 3.16. The first-order chi connectivity index (χ1) is 8.69. The summed E-state index contributed by atoms with van der Waals surface area (Å²) in [5.41, 5.74) is 1.15. The van der Waals surface area contributed by atoms with Gasteiger partial charge < -0.3 is 10.4 Å². The number of hydrogen-bond donors (Lipinski definition) is 2. The van der Waals surface area contributed by atoms with Crippen LogP contribution in [0.4, 0.5) is 11.5 Å². The predicted molar refractivity (Wildman–Crippen MR) is 63.4 cm³/mol. The predicted octanol–water partition coefficient (Wildman–Crippen LogP) is 1.79. The smallest absolute Gasteiger partial charge is 0.335 e. The number of nitrogens with one attached hydrogen (secondary N) is 1. The van der Waals surface area contributed by atoms with E-state index in [4.69, 9.17) is 10.4 Å². The van der Waals surface area contributed by atoms with Crippen molar-refractivity contribution in [2.24, 2.45) is 0 Å². The molecule has 2 N–H and O–H groups in total. The molecule has 6 nitrogen and oxygen atoms in total. The van der Waals surface area contributed by atoms with Crippen LogP contribution in [-0.2, 0) is 0 Å². The van der Waals surface area contributed by atoms with Crippen molar-refractivity contribution in [3.05, 3.63) is 47.9 Å². The summed E-state index contributed by atoms with van der Waals surface area (Å²) in [6.45, 7) is 0. The summed E-state index contributed by atoms with van der Waals surface area (Å²) in [7, 11) is 0. The molecule has 0 aliphatic heterocycles. The third-order valence-corrected chi connectivity index (χ3v) is 2.17. The number of carboxylic acid groups (broad SMARTS) is 1. The first-order valence-electron chi connectivity index (χ1n) is 5.01. The molecule has 0 aliphatic rings. The molecule has 2 aromatic rings. The van der Waals surface area contributed by atoms with Crippen LogP contribution in [0.5, 0.6) is 0 Å². The quantitative estimate of drug-likeness (QED) is 0.848. The van der Waals surface area contributed by atoms with Crippen molar-refractivity contribution < 1.29 is 9.90 Å². The summed E-state index contributed by atoms with van der Waals surface area (Å²) >= 11 is 0. The largest absolute Gasteiger partial charge is 0.478 e. The van der Waals surface area contributed by atoms with Gasteiger partial charge in [0.2, 0.25) is 0 Å². The third kappa shape index (κ3) is 2.59. The molecule has 0 atom stereocenters. The number of aromatic carboxylic acids is 1. The molecule has 0 amide bonds. The van der Waals surface area contributed by atoms with Crippen molar-refractivity contribution in [3.63, 3.8) is 0 Å². The van der Waals surface area contributed by atoms with Gasteiger partial charge >= 0.3 is 5.97 Å². The van der Waals surface area contributed by atoms with Crippen LogP contribution in [0.15, 0.2) is 36.7 Å². The highest BCUT2D eigenvalue weighted by molar-refractivity contribution is 5.88. The Labute approximate surface area is 103 Å². The summed E-state index contributed by atoms with van der Waals surface area (Å²) in [4.78, 5) is 18.5. The fourth-order valence-electron chi connectivity index (χ4n) is 1.29. The van der Waals surface area contributed by atoms with E-state index in [1.807, 2.05) is 6.07 Å². The summed E-state index contributed by atoms with van der Waals surface area (Å²) in [5, 5.41) is 20.3. The topological polar surface area (TPSA) is 98.9 Å². The Bertz CT molecular complexity index is 599. The first-order valence-corrected chi connectivity index (χ1v) is 5.01. The van der Waals surface area contributed by atoms with Gasteiger partial charge in [-0.15, -0.1) is 0 Å². The van der Waals surface area contributed by atoms with Gasteiger partial charge in [0.25, 0.3) is 0 Å². The number of nitrogens with zero attached hydrogens (tertiary/aromatic N) is 3. The van der Waals surface area contributed by atoms with Crippen LogP contribution in [0.25, 0.3) is 0 Å². The first kappa shape index (κ1) is 11.5. The van der Waals surface area contributed by atoms with Crippen molar-refractivity contribution in [2.45, 2.75) is 0 Å². The Balaban J connectivity index is 2.13. The Morgan fingerprint density at radius 3 is 2.44 bits per heavy atom. The lowest BCUT2D eigenvalue weighted by atomic mass is 10.2. The van der Waals surface area contributed by atoms with E-state index in [0.717, 1.165) is 0 Å². The standard InChI is InChI=1S/C12H8N4O2/c13-5-10-6-15-11(7-14-10)16-9-3-1-8(2-4-9)12(17)18/h1-4,6-7H,(H,15,16)(H,17,18). The lowest BCUT2D eigenvalue weighted by Gasteiger charge is -2.04. The maximum absolute atomic E-state index is 10.7. The van der Waals surface area contributed by atoms with Gasteiger partial charge in [0.1, 0.15) is 11.9 Å². The van der Waals surface area contributed by atoms with Gasteiger partial charge in [0, 0.05) is 5.69 Å². The molecule has 1 aromatic carbocycles. The molecular weight excluding hydrogens is 232 g/mol. The highest BCUT2D eigenvalue weighted by atomic mass is 16.4. The van der Waals surface area contributed by atoms with Crippen LogP contribution in [0.2, 0.25) is 0 Å². The van der Waals surface area contributed by atoms with E-state index in [1.54, 1.807) is 12.1 Å². The van der Waals surface area contributed by atoms with E-state index >= 15 is 0 Å². The van der Waals surface area contributed by atoms with E-state index in [-0.39, 0.29) is 11.3 Å². The van der Waals surface area contributed by atoms with Gasteiger partial charge in [0.15, 0.2) is 5.69 Å². The summed E-state index contributed by atoms with van der Waals surface area (Å²) in [5.74, 6) is -0.489. The maximum Gasteiger partial charge on any atom is 0.335 e. The second kappa shape index (κ2) is 4.93. The van der Waals surface area contributed by atoms with Crippen LogP contribution in [0.3, 0.4) is 0 Å². The molecule has 6 heteroatoms. The third-order valence-electron chi connectivity index (χ3n) is 2.17. The van der Waals surface area contributed by atoms with Crippen LogP contribution < -0.4 is 5.32 Å². The number of carbonyl (C=O) groups is 1. The molecule has 1 heterocycles. The number of rotatable bonds is 3. The molecule has 0 saturated carbocycles. The SMILES string of the molecule is N#Cc1cnc(Nc2ccc(C(=O)O)cc2)cn1. The number of benzene rings is 1. The Morgan fingerprint density at radius 1 is 1.22 bits per heavy atom. The van der Waals surface area contributed by atoms with Crippen LogP contribution in [0, 0.1) is 11.3 Å². The molecule has 1 aromatic heterocycles. The van der Waals surface area contributed by atoms with Gasteiger partial charge in [-0.2, -0.15) is 5.26 Å². The fraction of sp³-hybridized carbons (Fsp3) is 0. The molecule has 0 radical (unpaired) electrons. The normalized spacial score (nSPS) is 9.50. The van der Waals surface area contributed by atoms with E-state index in [2.05, 4.69) is 15.3 Å². The van der Waals surface area contributed by atoms with E-state index in [1.165, 1.54) is 24.5 Å². The zero-order chi connectivity index (χ0) is 13.0. The molecule has 0 aliphatic carbocycles. The van der Waals surface area contributed by atoms with Crippen LogP contribution >= 0.6 is 0 Å². The van der Waals surface area contributed by atoms with Crippen molar-refractivity contribution in [1.29, 1.82) is 5.26 Å². The molecular formula is C12H8N4O2. The lowest BCUT2D eigenvalue weighted by molar-refractivity contribution is 0.0697. The number of nitriles is 1. The number of hydrogen-bond acceptors (Lipinski definition) is 5. The van der Waals surface area contributed by atoms with Crippen LogP contribution in [0.1, 0.15) is 16.1 Å². The average molecular weight is 240 g/mol. The van der Waals surface area contributed by atoms with Gasteiger partial charge in [-0.25, -0.2) is 14.8 Å². The van der Waals surface area contributed by atoms with Gasteiger partial charge in [-0.1, -0.05) is 0 Å². The number of aromatic nitrogens is 2.